The molecule has 0 spiro atoms. The number of hydrogen-bond acceptors (Lipinski definition) is 5. The van der Waals surface area contributed by atoms with Gasteiger partial charge in [0.25, 0.3) is 0 Å². The molecule has 0 atom stereocenters. The highest BCUT2D eigenvalue weighted by atomic mass is 16.3. The third-order valence-electron chi connectivity index (χ3n) is 4.02. The van der Waals surface area contributed by atoms with Crippen molar-refractivity contribution in [1.29, 1.82) is 0 Å². The van der Waals surface area contributed by atoms with Crippen molar-refractivity contribution in [3.05, 3.63) is 78.6 Å². The smallest absolute Gasteiger partial charge is 0.185 e. The topological polar surface area (TPSA) is 84.1 Å². The Hall–Kier alpha value is -3.67. The van der Waals surface area contributed by atoms with Crippen molar-refractivity contribution in [1.82, 2.24) is 19.7 Å². The van der Waals surface area contributed by atoms with Gasteiger partial charge in [0.1, 0.15) is 11.5 Å². The summed E-state index contributed by atoms with van der Waals surface area (Å²) in [6.07, 6.45) is 3.47. The van der Waals surface area contributed by atoms with Gasteiger partial charge in [-0.15, -0.1) is 5.10 Å². The van der Waals surface area contributed by atoms with Crippen molar-refractivity contribution in [2.45, 2.75) is 6.54 Å². The minimum Gasteiger partial charge on any atom is -0.507 e. The number of aromatic nitrogens is 4. The summed E-state index contributed by atoms with van der Waals surface area (Å²) in [5.41, 5.74) is 2.07. The third-order valence-corrected chi connectivity index (χ3v) is 4.02. The first-order chi connectivity index (χ1) is 12.7. The molecule has 4 aromatic rings. The molecule has 128 valence electrons. The Morgan fingerprint density at radius 1 is 0.808 bits per heavy atom. The van der Waals surface area contributed by atoms with Crippen LogP contribution in [0, 0.1) is 0 Å². The van der Waals surface area contributed by atoms with Crippen LogP contribution in [-0.4, -0.2) is 30.0 Å². The molecule has 4 rings (SSSR count). The van der Waals surface area contributed by atoms with E-state index in [1.807, 2.05) is 24.3 Å². The highest BCUT2D eigenvalue weighted by molar-refractivity contribution is 5.69. The van der Waals surface area contributed by atoms with Crippen molar-refractivity contribution >= 4 is 0 Å². The molecule has 2 aromatic carbocycles. The van der Waals surface area contributed by atoms with Gasteiger partial charge in [-0.1, -0.05) is 30.3 Å². The van der Waals surface area contributed by atoms with Crippen molar-refractivity contribution in [2.24, 2.45) is 0 Å². The normalized spacial score (nSPS) is 10.8. The zero-order valence-electron chi connectivity index (χ0n) is 13.8. The van der Waals surface area contributed by atoms with Gasteiger partial charge in [0.2, 0.25) is 0 Å². The van der Waals surface area contributed by atoms with Crippen LogP contribution in [0.15, 0.2) is 73.1 Å². The maximum absolute atomic E-state index is 10.2. The Balaban J connectivity index is 1.86. The van der Waals surface area contributed by atoms with Crippen molar-refractivity contribution in [3.63, 3.8) is 0 Å². The summed E-state index contributed by atoms with van der Waals surface area (Å²) in [6.45, 7) is 0.443. The molecule has 6 nitrogen and oxygen atoms in total. The van der Waals surface area contributed by atoms with Crippen molar-refractivity contribution < 1.29 is 10.2 Å². The van der Waals surface area contributed by atoms with Crippen LogP contribution in [0.25, 0.3) is 22.8 Å². The molecule has 26 heavy (non-hydrogen) atoms. The van der Waals surface area contributed by atoms with Crippen LogP contribution < -0.4 is 0 Å². The molecule has 0 unspecified atom stereocenters. The standard InChI is InChI=1S/C20H16N4O2/c25-17-9-3-1-7-15(17)19-22-20(16-8-2-4-10-18(16)26)24(23-19)13-14-6-5-11-21-12-14/h1-12,25-26H,13H2. The van der Waals surface area contributed by atoms with E-state index in [1.165, 1.54) is 0 Å². The first-order valence-electron chi connectivity index (χ1n) is 8.13. The van der Waals surface area contributed by atoms with Crippen LogP contribution in [0.3, 0.4) is 0 Å². The average Bonchev–Trinajstić information content (AvgIpc) is 3.06. The van der Waals surface area contributed by atoms with Gasteiger partial charge in [-0.2, -0.15) is 0 Å². The first kappa shape index (κ1) is 15.8. The van der Waals surface area contributed by atoms with Crippen LogP contribution >= 0.6 is 0 Å². The minimum absolute atomic E-state index is 0.106. The van der Waals surface area contributed by atoms with E-state index < -0.39 is 0 Å². The van der Waals surface area contributed by atoms with Crippen LogP contribution in [0.1, 0.15) is 5.56 Å². The molecule has 2 heterocycles. The third kappa shape index (κ3) is 3.00. The fourth-order valence-electron chi connectivity index (χ4n) is 2.76. The number of phenolic OH excluding ortho intramolecular Hbond substituents is 2. The van der Waals surface area contributed by atoms with Gasteiger partial charge in [0.15, 0.2) is 11.6 Å². The number of pyridine rings is 1. The SMILES string of the molecule is Oc1ccccc1-c1nc(-c2ccccc2O)n(Cc2cccnc2)n1. The molecule has 0 amide bonds. The largest absolute Gasteiger partial charge is 0.507 e. The summed E-state index contributed by atoms with van der Waals surface area (Å²) in [6, 6.07) is 17.7. The fraction of sp³-hybridized carbons (Fsp3) is 0.0500. The summed E-state index contributed by atoms with van der Waals surface area (Å²) >= 11 is 0. The molecule has 0 saturated carbocycles. The Labute approximate surface area is 150 Å². The lowest BCUT2D eigenvalue weighted by atomic mass is 10.1. The van der Waals surface area contributed by atoms with Crippen LogP contribution in [0.4, 0.5) is 0 Å². The van der Waals surface area contributed by atoms with E-state index >= 15 is 0 Å². The summed E-state index contributed by atoms with van der Waals surface area (Å²) < 4.78 is 1.70. The Morgan fingerprint density at radius 3 is 2.15 bits per heavy atom. The molecule has 0 aliphatic heterocycles. The van der Waals surface area contributed by atoms with Gasteiger partial charge >= 0.3 is 0 Å². The van der Waals surface area contributed by atoms with Gasteiger partial charge < -0.3 is 10.2 Å². The molecular weight excluding hydrogens is 328 g/mol. The molecule has 0 radical (unpaired) electrons. The Kier molecular flexibility index (Phi) is 4.07. The summed E-state index contributed by atoms with van der Waals surface area (Å²) in [4.78, 5) is 8.71. The van der Waals surface area contributed by atoms with E-state index in [1.54, 1.807) is 53.5 Å². The number of hydrogen-bond donors (Lipinski definition) is 2. The van der Waals surface area contributed by atoms with Crippen molar-refractivity contribution in [2.75, 3.05) is 0 Å². The number of para-hydroxylation sites is 2. The lowest BCUT2D eigenvalue weighted by Gasteiger charge is -2.07. The van der Waals surface area contributed by atoms with E-state index in [-0.39, 0.29) is 11.5 Å². The molecule has 2 N–H and O–H groups in total. The zero-order chi connectivity index (χ0) is 17.9. The Morgan fingerprint density at radius 2 is 1.50 bits per heavy atom. The first-order valence-corrected chi connectivity index (χ1v) is 8.13. The molecule has 0 aliphatic rings. The van der Waals surface area contributed by atoms with Gasteiger partial charge in [-0.25, -0.2) is 9.67 Å². The quantitative estimate of drug-likeness (QED) is 0.592. The van der Waals surface area contributed by atoms with E-state index in [0.29, 0.717) is 29.3 Å². The second-order valence-electron chi connectivity index (χ2n) is 5.81. The lowest BCUT2D eigenvalue weighted by Crippen LogP contribution is -2.04. The highest BCUT2D eigenvalue weighted by Crippen LogP contribution is 2.32. The summed E-state index contributed by atoms with van der Waals surface area (Å²) in [7, 11) is 0. The predicted molar refractivity (Wildman–Crippen MR) is 97.6 cm³/mol. The molecule has 0 bridgehead atoms. The fourth-order valence-corrected chi connectivity index (χ4v) is 2.76. The molecule has 0 aliphatic carbocycles. The molecule has 6 heteroatoms. The van der Waals surface area contributed by atoms with Crippen molar-refractivity contribution in [3.8, 4) is 34.3 Å². The molecule has 0 saturated heterocycles. The highest BCUT2D eigenvalue weighted by Gasteiger charge is 2.18. The molecule has 0 fully saturated rings. The average molecular weight is 344 g/mol. The maximum Gasteiger partial charge on any atom is 0.185 e. The second kappa shape index (κ2) is 6.68. The summed E-state index contributed by atoms with van der Waals surface area (Å²) in [5.74, 6) is 1.14. The van der Waals surface area contributed by atoms with E-state index in [4.69, 9.17) is 0 Å². The Bertz CT molecular complexity index is 1040. The second-order valence-corrected chi connectivity index (χ2v) is 5.81. The number of nitrogens with zero attached hydrogens (tertiary/aromatic N) is 4. The number of rotatable bonds is 4. The van der Waals surface area contributed by atoms with Crippen LogP contribution in [0.5, 0.6) is 11.5 Å². The number of benzene rings is 2. The predicted octanol–water partition coefficient (Wildman–Crippen LogP) is 3.47. The van der Waals surface area contributed by atoms with Gasteiger partial charge in [-0.05, 0) is 35.9 Å². The minimum atomic E-state index is 0.106. The van der Waals surface area contributed by atoms with E-state index in [0.717, 1.165) is 5.56 Å². The van der Waals surface area contributed by atoms with E-state index in [9.17, 15) is 10.2 Å². The van der Waals surface area contributed by atoms with Crippen LogP contribution in [-0.2, 0) is 6.54 Å². The van der Waals surface area contributed by atoms with Crippen LogP contribution in [0.2, 0.25) is 0 Å². The molecule has 2 aromatic heterocycles. The monoisotopic (exact) mass is 344 g/mol. The number of aromatic hydroxyl groups is 2. The zero-order valence-corrected chi connectivity index (χ0v) is 13.8. The molecular formula is C20H16N4O2. The van der Waals surface area contributed by atoms with Gasteiger partial charge in [0.05, 0.1) is 17.7 Å². The maximum atomic E-state index is 10.2. The summed E-state index contributed by atoms with van der Waals surface area (Å²) in [5, 5.41) is 24.9. The van der Waals surface area contributed by atoms with E-state index in [2.05, 4.69) is 15.1 Å². The van der Waals surface area contributed by atoms with Gasteiger partial charge in [0, 0.05) is 12.4 Å². The number of phenols is 2. The lowest BCUT2D eigenvalue weighted by molar-refractivity contribution is 0.476. The van der Waals surface area contributed by atoms with Gasteiger partial charge in [-0.3, -0.25) is 4.98 Å².